The fourth-order valence-corrected chi connectivity index (χ4v) is 4.31. The Bertz CT molecular complexity index is 958. The zero-order chi connectivity index (χ0) is 22.1. The molecule has 0 amide bonds. The quantitative estimate of drug-likeness (QED) is 0.649. The molecule has 1 spiro atoms. The first-order valence-electron chi connectivity index (χ1n) is 10.3. The molecule has 0 unspecified atom stereocenters. The van der Waals surface area contributed by atoms with E-state index in [1.807, 2.05) is 12.1 Å². The molecular weight excluding hydrogens is 447 g/mol. The standard InChI is InChI=1S/C23H24F3NO4.ClH/c24-23(25,26)17-3-1-2-16(12-17)14-30-18-4-5-20-19(13-18)22(15-31-20)7-10-27(11-8-22)9-6-21(28)29;/h1-5,12-13H,6-11,14-15H2,(H,28,29);1H. The highest BCUT2D eigenvalue weighted by Crippen LogP contribution is 2.46. The highest BCUT2D eigenvalue weighted by molar-refractivity contribution is 5.85. The molecule has 5 nitrogen and oxygen atoms in total. The summed E-state index contributed by atoms with van der Waals surface area (Å²) in [5.41, 5.74) is 0.689. The Balaban J connectivity index is 0.00000289. The summed E-state index contributed by atoms with van der Waals surface area (Å²) in [7, 11) is 0. The molecule has 2 aromatic carbocycles. The van der Waals surface area contributed by atoms with Gasteiger partial charge in [-0.3, -0.25) is 4.79 Å². The minimum absolute atomic E-state index is 0. The molecule has 1 N–H and O–H groups in total. The van der Waals surface area contributed by atoms with Gasteiger partial charge in [0.15, 0.2) is 0 Å². The Morgan fingerprint density at radius 3 is 2.59 bits per heavy atom. The number of carboxylic acid groups (broad SMARTS) is 1. The number of halogens is 4. The third kappa shape index (κ3) is 5.30. The molecule has 0 atom stereocenters. The van der Waals surface area contributed by atoms with Crippen molar-refractivity contribution in [3.63, 3.8) is 0 Å². The van der Waals surface area contributed by atoms with Crippen molar-refractivity contribution in [3.8, 4) is 11.5 Å². The van der Waals surface area contributed by atoms with Gasteiger partial charge < -0.3 is 19.5 Å². The minimum atomic E-state index is -4.38. The fraction of sp³-hybridized carbons (Fsp3) is 0.435. The van der Waals surface area contributed by atoms with E-state index in [1.54, 1.807) is 12.1 Å². The molecule has 174 valence electrons. The number of carboxylic acids is 1. The van der Waals surface area contributed by atoms with Gasteiger partial charge >= 0.3 is 12.1 Å². The molecule has 32 heavy (non-hydrogen) atoms. The summed E-state index contributed by atoms with van der Waals surface area (Å²) in [6.45, 7) is 2.75. The number of rotatable bonds is 6. The van der Waals surface area contributed by atoms with Crippen LogP contribution in [0.15, 0.2) is 42.5 Å². The smallest absolute Gasteiger partial charge is 0.416 e. The molecule has 0 aromatic heterocycles. The van der Waals surface area contributed by atoms with Gasteiger partial charge in [-0.25, -0.2) is 0 Å². The SMILES string of the molecule is Cl.O=C(O)CCN1CCC2(CC1)COc1ccc(OCc3cccc(C(F)(F)F)c3)cc12. The van der Waals surface area contributed by atoms with Crippen molar-refractivity contribution in [1.82, 2.24) is 4.90 Å². The third-order valence-corrected chi connectivity index (χ3v) is 6.14. The number of aliphatic carboxylic acids is 1. The van der Waals surface area contributed by atoms with Crippen LogP contribution in [0.2, 0.25) is 0 Å². The maximum atomic E-state index is 12.9. The van der Waals surface area contributed by atoms with E-state index in [1.165, 1.54) is 6.07 Å². The minimum Gasteiger partial charge on any atom is -0.492 e. The van der Waals surface area contributed by atoms with E-state index in [4.69, 9.17) is 14.6 Å². The van der Waals surface area contributed by atoms with Crippen molar-refractivity contribution in [3.05, 3.63) is 59.2 Å². The van der Waals surface area contributed by atoms with Crippen LogP contribution in [0, 0.1) is 0 Å². The van der Waals surface area contributed by atoms with Gasteiger partial charge in [0.25, 0.3) is 0 Å². The third-order valence-electron chi connectivity index (χ3n) is 6.14. The van der Waals surface area contributed by atoms with Gasteiger partial charge in [0.05, 0.1) is 18.6 Å². The van der Waals surface area contributed by atoms with Crippen molar-refractivity contribution in [2.24, 2.45) is 0 Å². The van der Waals surface area contributed by atoms with Gasteiger partial charge in [-0.15, -0.1) is 12.4 Å². The number of benzene rings is 2. The van der Waals surface area contributed by atoms with E-state index in [2.05, 4.69) is 4.90 Å². The van der Waals surface area contributed by atoms with E-state index in [9.17, 15) is 18.0 Å². The van der Waals surface area contributed by atoms with Crippen molar-refractivity contribution < 1.29 is 32.5 Å². The first kappa shape index (κ1) is 24.2. The second-order valence-corrected chi connectivity index (χ2v) is 8.20. The summed E-state index contributed by atoms with van der Waals surface area (Å²) in [6, 6.07) is 10.7. The number of ether oxygens (including phenoxy) is 2. The number of carbonyl (C=O) groups is 1. The zero-order valence-corrected chi connectivity index (χ0v) is 18.2. The Labute approximate surface area is 190 Å². The molecule has 0 bridgehead atoms. The number of hydrogen-bond acceptors (Lipinski definition) is 4. The van der Waals surface area contributed by atoms with Crippen LogP contribution in [0.4, 0.5) is 13.2 Å². The molecule has 0 saturated carbocycles. The van der Waals surface area contributed by atoms with E-state index in [0.717, 1.165) is 49.4 Å². The lowest BCUT2D eigenvalue weighted by atomic mass is 9.74. The van der Waals surface area contributed by atoms with Crippen LogP contribution >= 0.6 is 12.4 Å². The van der Waals surface area contributed by atoms with Crippen LogP contribution in [-0.2, 0) is 23.0 Å². The molecule has 1 saturated heterocycles. The van der Waals surface area contributed by atoms with Gasteiger partial charge in [0.1, 0.15) is 18.1 Å². The molecule has 2 heterocycles. The van der Waals surface area contributed by atoms with Crippen LogP contribution in [0.25, 0.3) is 0 Å². The summed E-state index contributed by atoms with van der Waals surface area (Å²) in [6.07, 6.45) is -2.53. The second kappa shape index (κ2) is 9.58. The molecule has 2 aromatic rings. The number of piperidine rings is 1. The fourth-order valence-electron chi connectivity index (χ4n) is 4.31. The summed E-state index contributed by atoms with van der Waals surface area (Å²) in [4.78, 5) is 13.0. The predicted octanol–water partition coefficient (Wildman–Crippen LogP) is 4.91. The van der Waals surface area contributed by atoms with E-state index in [-0.39, 0.29) is 30.8 Å². The lowest BCUT2D eigenvalue weighted by Gasteiger charge is -2.38. The van der Waals surface area contributed by atoms with Gasteiger partial charge in [-0.1, -0.05) is 12.1 Å². The van der Waals surface area contributed by atoms with Gasteiger partial charge in [0.2, 0.25) is 0 Å². The highest BCUT2D eigenvalue weighted by Gasteiger charge is 2.43. The van der Waals surface area contributed by atoms with E-state index < -0.39 is 17.7 Å². The Morgan fingerprint density at radius 2 is 1.91 bits per heavy atom. The van der Waals surface area contributed by atoms with E-state index in [0.29, 0.717) is 24.5 Å². The maximum absolute atomic E-state index is 12.9. The maximum Gasteiger partial charge on any atom is 0.416 e. The van der Waals surface area contributed by atoms with Crippen LogP contribution < -0.4 is 9.47 Å². The number of alkyl halides is 3. The number of likely N-dealkylation sites (tertiary alicyclic amines) is 1. The number of hydrogen-bond donors (Lipinski definition) is 1. The predicted molar refractivity (Wildman–Crippen MR) is 115 cm³/mol. The van der Waals surface area contributed by atoms with Crippen LogP contribution in [0.1, 0.15) is 36.0 Å². The summed E-state index contributed by atoms with van der Waals surface area (Å²) in [5.74, 6) is 0.608. The van der Waals surface area contributed by atoms with Crippen molar-refractivity contribution >= 4 is 18.4 Å². The molecule has 2 aliphatic heterocycles. The highest BCUT2D eigenvalue weighted by atomic mass is 35.5. The molecule has 0 aliphatic carbocycles. The average molecular weight is 472 g/mol. The molecule has 0 radical (unpaired) electrons. The van der Waals surface area contributed by atoms with Crippen LogP contribution in [0.5, 0.6) is 11.5 Å². The van der Waals surface area contributed by atoms with E-state index >= 15 is 0 Å². The van der Waals surface area contributed by atoms with Crippen molar-refractivity contribution in [2.45, 2.75) is 37.5 Å². The summed E-state index contributed by atoms with van der Waals surface area (Å²) in [5, 5.41) is 8.88. The van der Waals surface area contributed by atoms with Crippen molar-refractivity contribution in [2.75, 3.05) is 26.2 Å². The van der Waals surface area contributed by atoms with Crippen LogP contribution in [0.3, 0.4) is 0 Å². The molecule has 2 aliphatic rings. The largest absolute Gasteiger partial charge is 0.492 e. The Hall–Kier alpha value is -2.45. The summed E-state index contributed by atoms with van der Waals surface area (Å²) >= 11 is 0. The Kier molecular flexibility index (Phi) is 7.25. The first-order chi connectivity index (χ1) is 14.7. The lowest BCUT2D eigenvalue weighted by molar-refractivity contribution is -0.138. The van der Waals surface area contributed by atoms with Crippen LogP contribution in [-0.4, -0.2) is 42.2 Å². The molecule has 4 rings (SSSR count). The Morgan fingerprint density at radius 1 is 1.16 bits per heavy atom. The summed E-state index contributed by atoms with van der Waals surface area (Å²) < 4.78 is 50.4. The average Bonchev–Trinajstić information content (AvgIpc) is 3.09. The lowest BCUT2D eigenvalue weighted by Crippen LogP contribution is -2.44. The topological polar surface area (TPSA) is 59.0 Å². The second-order valence-electron chi connectivity index (χ2n) is 8.20. The number of fused-ring (bicyclic) bond motifs is 2. The number of nitrogens with zero attached hydrogens (tertiary/aromatic N) is 1. The first-order valence-corrected chi connectivity index (χ1v) is 10.3. The van der Waals surface area contributed by atoms with Gasteiger partial charge in [-0.05, 0) is 61.8 Å². The van der Waals surface area contributed by atoms with Crippen molar-refractivity contribution in [1.29, 1.82) is 0 Å². The monoisotopic (exact) mass is 471 g/mol. The zero-order valence-electron chi connectivity index (χ0n) is 17.4. The normalized spacial score (nSPS) is 17.3. The van der Waals surface area contributed by atoms with Gasteiger partial charge in [0, 0.05) is 17.5 Å². The molecule has 1 fully saturated rings. The molecular formula is C23H25ClF3NO4. The molecule has 9 heteroatoms. The van der Waals surface area contributed by atoms with Gasteiger partial charge in [-0.2, -0.15) is 13.2 Å².